The molecular formula is C10H9ClFN3O. The fraction of sp³-hybridized carbons (Fsp3) is 0.100. The predicted octanol–water partition coefficient (Wildman–Crippen LogP) is 2.26. The third-order valence-corrected chi connectivity index (χ3v) is 2.31. The number of hydrogen-bond donors (Lipinski definition) is 1. The number of imidazole rings is 1. The topological polar surface area (TPSA) is 53.1 Å². The number of anilines is 1. The molecule has 4 nitrogen and oxygen atoms in total. The molecule has 1 aromatic heterocycles. The number of halogens is 2. The molecule has 84 valence electrons. The van der Waals surface area contributed by atoms with Crippen LogP contribution < -0.4 is 10.5 Å². The molecule has 0 aliphatic heterocycles. The van der Waals surface area contributed by atoms with Gasteiger partial charge in [-0.25, -0.2) is 9.37 Å². The van der Waals surface area contributed by atoms with E-state index in [0.717, 1.165) is 0 Å². The highest BCUT2D eigenvalue weighted by atomic mass is 35.5. The molecule has 0 saturated carbocycles. The molecule has 16 heavy (non-hydrogen) atoms. The quantitative estimate of drug-likeness (QED) is 0.821. The first kappa shape index (κ1) is 10.8. The van der Waals surface area contributed by atoms with Gasteiger partial charge in [-0.1, -0.05) is 11.6 Å². The van der Waals surface area contributed by atoms with Crippen LogP contribution in [0.5, 0.6) is 5.75 Å². The maximum absolute atomic E-state index is 13.7. The summed E-state index contributed by atoms with van der Waals surface area (Å²) in [4.78, 5) is 3.79. The molecule has 0 atom stereocenters. The summed E-state index contributed by atoms with van der Waals surface area (Å²) in [5, 5.41) is 0.273. The van der Waals surface area contributed by atoms with Gasteiger partial charge < -0.3 is 15.0 Å². The molecule has 2 rings (SSSR count). The molecule has 0 unspecified atom stereocenters. The van der Waals surface area contributed by atoms with Crippen LogP contribution in [0.4, 0.5) is 10.1 Å². The molecule has 0 spiro atoms. The average Bonchev–Trinajstić information content (AvgIpc) is 2.63. The van der Waals surface area contributed by atoms with Gasteiger partial charge >= 0.3 is 0 Å². The van der Waals surface area contributed by atoms with Crippen molar-refractivity contribution in [1.82, 2.24) is 9.55 Å². The number of nitrogen functional groups attached to an aromatic ring is 1. The summed E-state index contributed by atoms with van der Waals surface area (Å²) in [6.07, 6.45) is 2.87. The Balaban J connectivity index is 2.57. The molecule has 0 bridgehead atoms. The fourth-order valence-corrected chi connectivity index (χ4v) is 1.55. The van der Waals surface area contributed by atoms with E-state index in [4.69, 9.17) is 22.1 Å². The van der Waals surface area contributed by atoms with Crippen molar-refractivity contribution in [2.24, 2.45) is 0 Å². The molecule has 6 heteroatoms. The lowest BCUT2D eigenvalue weighted by molar-refractivity contribution is 0.411. The Labute approximate surface area is 96.4 Å². The second-order valence-corrected chi connectivity index (χ2v) is 3.54. The van der Waals surface area contributed by atoms with Crippen molar-refractivity contribution in [1.29, 1.82) is 0 Å². The summed E-state index contributed by atoms with van der Waals surface area (Å²) in [6, 6.07) is 2.78. The average molecular weight is 242 g/mol. The van der Waals surface area contributed by atoms with Crippen LogP contribution in [0, 0.1) is 5.82 Å². The highest BCUT2D eigenvalue weighted by Crippen LogP contribution is 2.27. The Hall–Kier alpha value is -1.75. The van der Waals surface area contributed by atoms with Gasteiger partial charge in [0.05, 0.1) is 12.8 Å². The van der Waals surface area contributed by atoms with Crippen LogP contribution in [0.2, 0.25) is 5.15 Å². The minimum absolute atomic E-state index is 0.209. The van der Waals surface area contributed by atoms with Crippen LogP contribution in [0.25, 0.3) is 5.69 Å². The van der Waals surface area contributed by atoms with Gasteiger partial charge in [0.15, 0.2) is 5.82 Å². The maximum atomic E-state index is 13.7. The summed E-state index contributed by atoms with van der Waals surface area (Å²) in [6.45, 7) is 0. The van der Waals surface area contributed by atoms with E-state index < -0.39 is 5.82 Å². The zero-order valence-corrected chi connectivity index (χ0v) is 9.20. The minimum Gasteiger partial charge on any atom is -0.497 e. The SMILES string of the molecule is COc1cc(N)c(-n2cnc(Cl)c2)c(F)c1. The molecule has 0 aliphatic carbocycles. The number of rotatable bonds is 2. The van der Waals surface area contributed by atoms with Gasteiger partial charge in [-0.2, -0.15) is 0 Å². The van der Waals surface area contributed by atoms with E-state index >= 15 is 0 Å². The second kappa shape index (κ2) is 4.02. The Bertz CT molecular complexity index is 504. The first-order valence-electron chi connectivity index (χ1n) is 4.44. The number of hydrogen-bond acceptors (Lipinski definition) is 3. The second-order valence-electron chi connectivity index (χ2n) is 3.15. The van der Waals surface area contributed by atoms with Crippen LogP contribution in [0.1, 0.15) is 0 Å². The van der Waals surface area contributed by atoms with Crippen molar-refractivity contribution in [3.63, 3.8) is 0 Å². The number of benzene rings is 1. The molecule has 1 heterocycles. The van der Waals surface area contributed by atoms with Crippen molar-refractivity contribution >= 4 is 17.3 Å². The zero-order chi connectivity index (χ0) is 11.7. The van der Waals surface area contributed by atoms with E-state index in [1.165, 1.54) is 36.3 Å². The maximum Gasteiger partial charge on any atom is 0.153 e. The number of aromatic nitrogens is 2. The lowest BCUT2D eigenvalue weighted by Crippen LogP contribution is -2.02. The van der Waals surface area contributed by atoms with Crippen LogP contribution in [0.15, 0.2) is 24.7 Å². The van der Waals surface area contributed by atoms with Gasteiger partial charge in [0.2, 0.25) is 0 Å². The summed E-state index contributed by atoms with van der Waals surface area (Å²) in [7, 11) is 1.45. The Kier molecular flexibility index (Phi) is 2.70. The van der Waals surface area contributed by atoms with E-state index in [1.807, 2.05) is 0 Å². The van der Waals surface area contributed by atoms with Crippen molar-refractivity contribution < 1.29 is 9.13 Å². The van der Waals surface area contributed by atoms with Crippen LogP contribution >= 0.6 is 11.6 Å². The van der Waals surface area contributed by atoms with Crippen molar-refractivity contribution in [3.05, 3.63) is 35.6 Å². The summed E-state index contributed by atoms with van der Waals surface area (Å²) in [5.74, 6) is -0.129. The summed E-state index contributed by atoms with van der Waals surface area (Å²) in [5.41, 5.74) is 6.19. The molecule has 0 aliphatic rings. The lowest BCUT2D eigenvalue weighted by Gasteiger charge is -2.09. The normalized spacial score (nSPS) is 10.4. The molecular weight excluding hydrogens is 233 g/mol. The molecule has 0 amide bonds. The first-order valence-corrected chi connectivity index (χ1v) is 4.82. The van der Waals surface area contributed by atoms with E-state index in [1.54, 1.807) is 0 Å². The minimum atomic E-state index is -0.495. The van der Waals surface area contributed by atoms with Gasteiger partial charge in [-0.05, 0) is 0 Å². The molecule has 0 saturated heterocycles. The third kappa shape index (κ3) is 1.81. The molecule has 2 aromatic rings. The Morgan fingerprint density at radius 1 is 1.50 bits per heavy atom. The van der Waals surface area contributed by atoms with Crippen molar-refractivity contribution in [2.45, 2.75) is 0 Å². The smallest absolute Gasteiger partial charge is 0.153 e. The van der Waals surface area contributed by atoms with Crippen LogP contribution in [-0.4, -0.2) is 16.7 Å². The highest BCUT2D eigenvalue weighted by molar-refractivity contribution is 6.29. The van der Waals surface area contributed by atoms with Gasteiger partial charge in [0, 0.05) is 18.3 Å². The third-order valence-electron chi connectivity index (χ3n) is 2.11. The molecule has 2 N–H and O–H groups in total. The number of ether oxygens (including phenoxy) is 1. The first-order chi connectivity index (χ1) is 7.61. The van der Waals surface area contributed by atoms with E-state index in [0.29, 0.717) is 5.75 Å². The van der Waals surface area contributed by atoms with Crippen molar-refractivity contribution in [2.75, 3.05) is 12.8 Å². The van der Waals surface area contributed by atoms with Crippen LogP contribution in [-0.2, 0) is 0 Å². The standard InChI is InChI=1S/C10H9ClFN3O/c1-16-6-2-7(12)10(8(13)3-6)15-4-9(11)14-5-15/h2-5H,13H2,1H3. The zero-order valence-electron chi connectivity index (χ0n) is 8.45. The monoisotopic (exact) mass is 241 g/mol. The summed E-state index contributed by atoms with van der Waals surface area (Å²) < 4.78 is 20.1. The van der Waals surface area contributed by atoms with E-state index in [2.05, 4.69) is 4.98 Å². The van der Waals surface area contributed by atoms with Crippen molar-refractivity contribution in [3.8, 4) is 11.4 Å². The van der Waals surface area contributed by atoms with Gasteiger partial charge in [-0.15, -0.1) is 0 Å². The fourth-order valence-electron chi connectivity index (χ4n) is 1.41. The number of methoxy groups -OCH3 is 1. The number of nitrogens with two attached hydrogens (primary N) is 1. The highest BCUT2D eigenvalue weighted by Gasteiger charge is 2.11. The molecule has 1 aromatic carbocycles. The van der Waals surface area contributed by atoms with Gasteiger partial charge in [0.1, 0.15) is 22.9 Å². The van der Waals surface area contributed by atoms with Crippen LogP contribution in [0.3, 0.4) is 0 Å². The number of nitrogens with zero attached hydrogens (tertiary/aromatic N) is 2. The predicted molar refractivity (Wildman–Crippen MR) is 59.5 cm³/mol. The molecule has 0 radical (unpaired) electrons. The van der Waals surface area contributed by atoms with Gasteiger partial charge in [-0.3, -0.25) is 0 Å². The Morgan fingerprint density at radius 2 is 2.25 bits per heavy atom. The largest absolute Gasteiger partial charge is 0.497 e. The van der Waals surface area contributed by atoms with E-state index in [9.17, 15) is 4.39 Å². The van der Waals surface area contributed by atoms with E-state index in [-0.39, 0.29) is 16.5 Å². The molecule has 0 fully saturated rings. The Morgan fingerprint density at radius 3 is 2.75 bits per heavy atom. The lowest BCUT2D eigenvalue weighted by atomic mass is 10.2. The summed E-state index contributed by atoms with van der Waals surface area (Å²) >= 11 is 5.65. The van der Waals surface area contributed by atoms with Gasteiger partial charge in [0.25, 0.3) is 0 Å².